The molecule has 2 rings (SSSR count). The second-order valence-corrected chi connectivity index (χ2v) is 3.96. The van der Waals surface area contributed by atoms with Crippen LogP contribution in [0.2, 0.25) is 0 Å². The molecule has 1 aliphatic carbocycles. The van der Waals surface area contributed by atoms with Crippen LogP contribution in [0.4, 0.5) is 17.6 Å². The van der Waals surface area contributed by atoms with Gasteiger partial charge in [0.05, 0.1) is 5.56 Å². The van der Waals surface area contributed by atoms with Gasteiger partial charge in [0.25, 0.3) is 0 Å². The van der Waals surface area contributed by atoms with Crippen molar-refractivity contribution in [3.63, 3.8) is 0 Å². The number of halogens is 5. The fourth-order valence-corrected chi connectivity index (χ4v) is 1.41. The lowest BCUT2D eigenvalue weighted by atomic mass is 10.1. The van der Waals surface area contributed by atoms with E-state index in [0.29, 0.717) is 12.1 Å². The molecule has 0 amide bonds. The lowest BCUT2D eigenvalue weighted by Gasteiger charge is -2.09. The van der Waals surface area contributed by atoms with Gasteiger partial charge in [0.1, 0.15) is 5.82 Å². The summed E-state index contributed by atoms with van der Waals surface area (Å²) in [7, 11) is 0. The van der Waals surface area contributed by atoms with Crippen LogP contribution in [0.5, 0.6) is 0 Å². The van der Waals surface area contributed by atoms with Crippen molar-refractivity contribution in [1.29, 1.82) is 0 Å². The maximum Gasteiger partial charge on any atom is 0.416 e. The molecule has 0 atom stereocenters. The molecule has 1 fully saturated rings. The average molecular weight is 270 g/mol. The van der Waals surface area contributed by atoms with Crippen LogP contribution in [0, 0.1) is 5.82 Å². The predicted octanol–water partition coefficient (Wildman–Crippen LogP) is 3.52. The molecule has 0 radical (unpaired) electrons. The van der Waals surface area contributed by atoms with Crippen LogP contribution < -0.4 is 5.32 Å². The van der Waals surface area contributed by atoms with E-state index in [1.807, 2.05) is 0 Å². The van der Waals surface area contributed by atoms with E-state index < -0.39 is 17.6 Å². The quantitative estimate of drug-likeness (QED) is 0.828. The monoisotopic (exact) mass is 269 g/mol. The van der Waals surface area contributed by atoms with Gasteiger partial charge in [-0.2, -0.15) is 13.2 Å². The maximum absolute atomic E-state index is 13.3. The normalized spacial score (nSPS) is 15.5. The van der Waals surface area contributed by atoms with Gasteiger partial charge in [0.2, 0.25) is 0 Å². The number of hydrogen-bond donors (Lipinski definition) is 1. The minimum atomic E-state index is -4.48. The van der Waals surface area contributed by atoms with E-state index in [9.17, 15) is 17.6 Å². The Kier molecular flexibility index (Phi) is 4.38. The van der Waals surface area contributed by atoms with Crippen molar-refractivity contribution in [3.05, 3.63) is 35.1 Å². The molecular formula is C11H12ClF4N. The van der Waals surface area contributed by atoms with Crippen molar-refractivity contribution >= 4 is 12.4 Å². The summed E-state index contributed by atoms with van der Waals surface area (Å²) in [6.07, 6.45) is -2.37. The van der Waals surface area contributed by atoms with Gasteiger partial charge in [-0.1, -0.05) is 6.07 Å². The highest BCUT2D eigenvalue weighted by atomic mass is 35.5. The minimum absolute atomic E-state index is 0. The van der Waals surface area contributed by atoms with Crippen LogP contribution >= 0.6 is 12.4 Å². The van der Waals surface area contributed by atoms with E-state index in [0.717, 1.165) is 18.9 Å². The maximum atomic E-state index is 13.3. The summed E-state index contributed by atoms with van der Waals surface area (Å²) in [5, 5.41) is 3.05. The Labute approximate surface area is 103 Å². The lowest BCUT2D eigenvalue weighted by Crippen LogP contribution is -2.16. The number of nitrogens with one attached hydrogen (secondary N) is 1. The third-order valence-electron chi connectivity index (χ3n) is 2.54. The molecule has 1 nitrogen and oxygen atoms in total. The molecule has 1 aromatic rings. The van der Waals surface area contributed by atoms with Gasteiger partial charge in [-0.15, -0.1) is 12.4 Å². The Balaban J connectivity index is 0.00000144. The second kappa shape index (κ2) is 5.23. The molecule has 1 N–H and O–H groups in total. The van der Waals surface area contributed by atoms with Crippen molar-refractivity contribution in [2.75, 3.05) is 0 Å². The highest BCUT2D eigenvalue weighted by Gasteiger charge is 2.31. The van der Waals surface area contributed by atoms with Gasteiger partial charge in [0.15, 0.2) is 0 Å². The van der Waals surface area contributed by atoms with Crippen molar-refractivity contribution in [1.82, 2.24) is 5.32 Å². The SMILES string of the molecule is Cl.Fc1cc(C(F)(F)F)ccc1CNC1CC1. The Morgan fingerprint density at radius 1 is 1.24 bits per heavy atom. The van der Waals surface area contributed by atoms with Crippen molar-refractivity contribution in [3.8, 4) is 0 Å². The largest absolute Gasteiger partial charge is 0.416 e. The zero-order valence-electron chi connectivity index (χ0n) is 8.85. The first kappa shape index (κ1) is 14.3. The zero-order valence-corrected chi connectivity index (χ0v) is 9.67. The van der Waals surface area contributed by atoms with E-state index in [1.54, 1.807) is 0 Å². The summed E-state index contributed by atoms with van der Waals surface area (Å²) in [6, 6.07) is 3.05. The summed E-state index contributed by atoms with van der Waals surface area (Å²) < 4.78 is 50.0. The van der Waals surface area contributed by atoms with E-state index in [-0.39, 0.29) is 24.5 Å². The molecule has 0 bridgehead atoms. The molecule has 0 heterocycles. The first-order valence-corrected chi connectivity index (χ1v) is 5.06. The smallest absolute Gasteiger partial charge is 0.310 e. The van der Waals surface area contributed by atoms with Crippen LogP contribution in [0.3, 0.4) is 0 Å². The fraction of sp³-hybridized carbons (Fsp3) is 0.455. The predicted molar refractivity (Wildman–Crippen MR) is 58.5 cm³/mol. The molecule has 1 aliphatic rings. The average Bonchev–Trinajstić information content (AvgIpc) is 2.98. The minimum Gasteiger partial charge on any atom is -0.310 e. The van der Waals surface area contributed by atoms with Crippen LogP contribution in [0.1, 0.15) is 24.0 Å². The van der Waals surface area contributed by atoms with Crippen LogP contribution in [0.25, 0.3) is 0 Å². The van der Waals surface area contributed by atoms with E-state index in [1.165, 1.54) is 6.07 Å². The van der Waals surface area contributed by atoms with Gasteiger partial charge >= 0.3 is 6.18 Å². The third kappa shape index (κ3) is 3.85. The number of hydrogen-bond acceptors (Lipinski definition) is 1. The van der Waals surface area contributed by atoms with E-state index >= 15 is 0 Å². The molecule has 6 heteroatoms. The van der Waals surface area contributed by atoms with Gasteiger partial charge < -0.3 is 5.32 Å². The molecule has 96 valence electrons. The molecular weight excluding hydrogens is 258 g/mol. The third-order valence-corrected chi connectivity index (χ3v) is 2.54. The van der Waals surface area contributed by atoms with Crippen LogP contribution in [0.15, 0.2) is 18.2 Å². The number of benzene rings is 1. The number of alkyl halides is 3. The first-order valence-electron chi connectivity index (χ1n) is 5.06. The molecule has 1 saturated carbocycles. The summed E-state index contributed by atoms with van der Waals surface area (Å²) in [4.78, 5) is 0. The van der Waals surface area contributed by atoms with Gasteiger partial charge in [-0.3, -0.25) is 0 Å². The van der Waals surface area contributed by atoms with E-state index in [2.05, 4.69) is 5.32 Å². The first-order chi connectivity index (χ1) is 7.47. The topological polar surface area (TPSA) is 12.0 Å². The molecule has 0 aromatic heterocycles. The lowest BCUT2D eigenvalue weighted by molar-refractivity contribution is -0.137. The van der Waals surface area contributed by atoms with Gasteiger partial charge in [-0.05, 0) is 25.0 Å². The van der Waals surface area contributed by atoms with Crippen molar-refractivity contribution in [2.24, 2.45) is 0 Å². The standard InChI is InChI=1S/C11H11F4N.ClH/c12-10-5-8(11(13,14)15)2-1-7(10)6-16-9-3-4-9;/h1-2,5,9,16H,3-4,6H2;1H. The molecule has 1 aromatic carbocycles. The van der Waals surface area contributed by atoms with Crippen LogP contribution in [-0.2, 0) is 12.7 Å². The Bertz CT molecular complexity index is 388. The molecule has 0 unspecified atom stereocenters. The highest BCUT2D eigenvalue weighted by Crippen LogP contribution is 2.30. The molecule has 17 heavy (non-hydrogen) atoms. The summed E-state index contributed by atoms with van der Waals surface area (Å²) in [6.45, 7) is 0.286. The summed E-state index contributed by atoms with van der Waals surface area (Å²) in [5.41, 5.74) is -0.667. The summed E-state index contributed by atoms with van der Waals surface area (Å²) >= 11 is 0. The van der Waals surface area contributed by atoms with Gasteiger partial charge in [0, 0.05) is 18.2 Å². The fourth-order valence-electron chi connectivity index (χ4n) is 1.41. The van der Waals surface area contributed by atoms with Crippen LogP contribution in [-0.4, -0.2) is 6.04 Å². The second-order valence-electron chi connectivity index (χ2n) is 3.96. The summed E-state index contributed by atoms with van der Waals surface area (Å²) in [5.74, 6) is -0.803. The Morgan fingerprint density at radius 3 is 2.35 bits per heavy atom. The molecule has 0 spiro atoms. The molecule has 0 saturated heterocycles. The molecule has 0 aliphatic heterocycles. The highest BCUT2D eigenvalue weighted by molar-refractivity contribution is 5.85. The Hall–Kier alpha value is -0.810. The van der Waals surface area contributed by atoms with Crippen molar-refractivity contribution < 1.29 is 17.6 Å². The van der Waals surface area contributed by atoms with E-state index in [4.69, 9.17) is 0 Å². The zero-order chi connectivity index (χ0) is 11.8. The van der Waals surface area contributed by atoms with Gasteiger partial charge in [-0.25, -0.2) is 4.39 Å². The van der Waals surface area contributed by atoms with Crippen molar-refractivity contribution in [2.45, 2.75) is 31.6 Å². The Morgan fingerprint density at radius 2 is 1.88 bits per heavy atom. The number of rotatable bonds is 3.